The van der Waals surface area contributed by atoms with Crippen LogP contribution in [-0.2, 0) is 26.2 Å². The number of rotatable bonds is 3. The summed E-state index contributed by atoms with van der Waals surface area (Å²) >= 11 is 0. The Hall–Kier alpha value is 0.940. The first-order valence-corrected chi connectivity index (χ1v) is 14.8. The van der Waals surface area contributed by atoms with Gasteiger partial charge in [0.05, 0.1) is 6.10 Å². The second-order valence-corrected chi connectivity index (χ2v) is 14.4. The van der Waals surface area contributed by atoms with E-state index >= 15 is 0 Å². The van der Waals surface area contributed by atoms with E-state index < -0.39 is 8.32 Å². The minimum Gasteiger partial charge on any atom is -0.431 e. The van der Waals surface area contributed by atoms with E-state index in [1.54, 1.807) is 0 Å². The predicted octanol–water partition coefficient (Wildman–Crippen LogP) is 5.59. The molecule has 0 unspecified atom stereocenters. The molecule has 0 aliphatic heterocycles. The maximum absolute atomic E-state index is 12.0. The maximum Gasteiger partial charge on any atom is 0.197 e. The Balaban J connectivity index is 0.000000726. The van der Waals surface area contributed by atoms with Crippen molar-refractivity contribution in [3.8, 4) is 0 Å². The van der Waals surface area contributed by atoms with Crippen LogP contribution in [0.5, 0.6) is 0 Å². The van der Waals surface area contributed by atoms with Gasteiger partial charge in [0.25, 0.3) is 0 Å². The van der Waals surface area contributed by atoms with E-state index in [9.17, 15) is 4.80 Å². The predicted molar refractivity (Wildman–Crippen MR) is 125 cm³/mol. The van der Waals surface area contributed by atoms with Gasteiger partial charge in [-0.2, -0.15) is 0 Å². The number of aliphatic hydroxyl groups excluding tert-OH is 1. The molecule has 0 radical (unpaired) electrons. The van der Waals surface area contributed by atoms with Gasteiger partial charge in [-0.15, -0.1) is 0 Å². The smallest absolute Gasteiger partial charge is 0.197 e. The molecule has 178 valence electrons. The van der Waals surface area contributed by atoms with Crippen molar-refractivity contribution in [3.05, 3.63) is 0 Å². The largest absolute Gasteiger partial charge is 0.431 e. The summed E-state index contributed by atoms with van der Waals surface area (Å²) in [6.45, 7) is 0. The van der Waals surface area contributed by atoms with Gasteiger partial charge in [-0.25, -0.2) is 0 Å². The van der Waals surface area contributed by atoms with Gasteiger partial charge in [0.2, 0.25) is 0 Å². The monoisotopic (exact) mass is 520 g/mol. The van der Waals surface area contributed by atoms with Gasteiger partial charge in [0.1, 0.15) is 0 Å². The molecule has 0 spiro atoms. The Morgan fingerprint density at radius 2 is 0.667 bits per heavy atom. The Labute approximate surface area is 205 Å². The molecule has 4 nitrogen and oxygen atoms in total. The molecular weight excluding hydrogens is 472 g/mol. The first-order valence-electron chi connectivity index (χ1n) is 12.6. The summed E-state index contributed by atoms with van der Waals surface area (Å²) in [5.74, 6) is 0. The molecule has 0 aromatic carbocycles. The summed E-state index contributed by atoms with van der Waals surface area (Å²) in [5.41, 5.74) is 2.30. The second kappa shape index (κ2) is 16.5. The molecule has 0 heterocycles. The van der Waals surface area contributed by atoms with E-state index in [1.807, 2.05) is 0 Å². The van der Waals surface area contributed by atoms with Crippen molar-refractivity contribution in [1.82, 2.24) is 0 Å². The van der Waals surface area contributed by atoms with Gasteiger partial charge in [0.15, 0.2) is 8.32 Å². The molecule has 0 aromatic rings. The summed E-state index contributed by atoms with van der Waals surface area (Å²) in [7, 11) is -2.05. The fraction of sp³-hybridized carbons (Fsp3) is 1.00. The van der Waals surface area contributed by atoms with Crippen LogP contribution in [0.1, 0.15) is 128 Å². The molecule has 0 bridgehead atoms. The third-order valence-corrected chi connectivity index (χ3v) is 14.0. The molecule has 6 heteroatoms. The zero-order valence-electron chi connectivity index (χ0n) is 19.3. The Morgan fingerprint density at radius 3 is 0.867 bits per heavy atom. The Morgan fingerprint density at radius 1 is 0.433 bits per heavy atom. The third-order valence-electron chi connectivity index (χ3n) is 8.35. The van der Waals surface area contributed by atoms with Crippen LogP contribution in [0.15, 0.2) is 0 Å². The molecule has 4 rings (SSSR count). The molecule has 0 atom stereocenters. The van der Waals surface area contributed by atoms with Crippen molar-refractivity contribution in [3.63, 3.8) is 0 Å². The van der Waals surface area contributed by atoms with E-state index in [0.717, 1.165) is 29.5 Å². The minimum absolute atomic E-state index is 0. The van der Waals surface area contributed by atoms with E-state index in [4.69, 9.17) is 5.11 Å². The number of hydrogen-bond donors (Lipinski definition) is 2. The van der Waals surface area contributed by atoms with Gasteiger partial charge >= 0.3 is 0 Å². The third kappa shape index (κ3) is 8.71. The fourth-order valence-corrected chi connectivity index (χ4v) is 12.8. The van der Waals surface area contributed by atoms with Gasteiger partial charge in [-0.3, -0.25) is 0 Å². The van der Waals surface area contributed by atoms with E-state index in [0.29, 0.717) is 0 Å². The van der Waals surface area contributed by atoms with Gasteiger partial charge in [0, 0.05) is 26.2 Å². The van der Waals surface area contributed by atoms with Crippen LogP contribution in [-0.4, -0.2) is 35.3 Å². The normalized spacial score (nSPS) is 25.0. The fourth-order valence-electron chi connectivity index (χ4n) is 6.78. The number of hydrogen-bond acceptors (Lipinski definition) is 2. The minimum atomic E-state index is -2.05. The first-order chi connectivity index (χ1) is 13.2. The van der Waals surface area contributed by atoms with Crippen molar-refractivity contribution in [2.24, 2.45) is 0 Å². The summed E-state index contributed by atoms with van der Waals surface area (Å²) < 4.78 is 0. The average Bonchev–Trinajstić information content (AvgIpc) is 2.76. The zero-order chi connectivity index (χ0) is 19.0. The topological polar surface area (TPSA) is 103 Å². The molecule has 0 saturated heterocycles. The van der Waals surface area contributed by atoms with Crippen LogP contribution < -0.4 is 0 Å². The van der Waals surface area contributed by atoms with Crippen LogP contribution in [0.4, 0.5) is 0 Å². The van der Waals surface area contributed by atoms with Crippen LogP contribution >= 0.6 is 0 Å². The summed E-state index contributed by atoms with van der Waals surface area (Å²) in [6, 6.07) is 0. The Bertz CT molecular complexity index is 356. The second-order valence-electron chi connectivity index (χ2n) is 10.2. The first kappa shape index (κ1) is 30.9. The molecular formula is C24H50O4SiZr. The molecule has 4 fully saturated rings. The Kier molecular flexibility index (Phi) is 17.1. The molecule has 0 aromatic heterocycles. The van der Waals surface area contributed by atoms with Gasteiger partial charge in [-0.05, 0) is 29.5 Å². The summed E-state index contributed by atoms with van der Waals surface area (Å²) in [4.78, 5) is 12.0. The van der Waals surface area contributed by atoms with Crippen molar-refractivity contribution >= 4 is 8.32 Å². The standard InChI is InChI=1S/C18H34OSi.C6H12O.2H2O.Zr/c19-20(16-10-4-1-5-11-16,17-12-6-2-7-13-17)18-14-8-3-9-15-18;7-6-4-2-1-3-5-6;;;/h16-19H,1-15H2;6-7H,1-5H2;2*1H2;. The summed E-state index contributed by atoms with van der Waals surface area (Å²) in [5, 5.41) is 8.91. The molecule has 30 heavy (non-hydrogen) atoms. The zero-order valence-corrected chi connectivity index (χ0v) is 22.8. The van der Waals surface area contributed by atoms with E-state index in [2.05, 4.69) is 0 Å². The van der Waals surface area contributed by atoms with Crippen molar-refractivity contribution in [2.75, 3.05) is 0 Å². The van der Waals surface area contributed by atoms with Crippen molar-refractivity contribution in [2.45, 2.75) is 151 Å². The molecule has 4 aliphatic carbocycles. The van der Waals surface area contributed by atoms with Gasteiger partial charge in [-0.1, -0.05) is 116 Å². The van der Waals surface area contributed by atoms with Gasteiger partial charge < -0.3 is 20.9 Å². The number of aliphatic hydroxyl groups is 1. The molecule has 0 amide bonds. The van der Waals surface area contributed by atoms with E-state index in [1.165, 1.54) is 116 Å². The quantitative estimate of drug-likeness (QED) is 0.473. The van der Waals surface area contributed by atoms with Crippen molar-refractivity contribution in [1.29, 1.82) is 0 Å². The van der Waals surface area contributed by atoms with Crippen LogP contribution in [0.2, 0.25) is 16.6 Å². The van der Waals surface area contributed by atoms with Crippen molar-refractivity contribution < 1.29 is 47.1 Å². The van der Waals surface area contributed by atoms with E-state index in [-0.39, 0.29) is 43.3 Å². The molecule has 4 aliphatic rings. The maximum atomic E-state index is 12.0. The van der Waals surface area contributed by atoms with Crippen LogP contribution in [0, 0.1) is 0 Å². The van der Waals surface area contributed by atoms with Crippen LogP contribution in [0.3, 0.4) is 0 Å². The SMILES string of the molecule is O.O.OC1CCCCC1.O[Si](C1CCCCC1)(C1CCCCC1)C1CCCCC1.[Zr]. The summed E-state index contributed by atoms with van der Waals surface area (Å²) in [6.07, 6.45) is 26.8. The average molecular weight is 522 g/mol. The molecule has 4 saturated carbocycles. The van der Waals surface area contributed by atoms with Crippen LogP contribution in [0.25, 0.3) is 0 Å². The molecule has 6 N–H and O–H groups in total.